The molecule has 0 spiro atoms. The van der Waals surface area contributed by atoms with Crippen molar-refractivity contribution in [3.05, 3.63) is 46.2 Å². The lowest BCUT2D eigenvalue weighted by Crippen LogP contribution is -2.47. The molecule has 0 radical (unpaired) electrons. The van der Waals surface area contributed by atoms with Gasteiger partial charge in [0.15, 0.2) is 5.96 Å². The van der Waals surface area contributed by atoms with E-state index >= 15 is 0 Å². The number of rotatable bonds is 4. The number of aromatic hydroxyl groups is 1. The van der Waals surface area contributed by atoms with Crippen LogP contribution in [0.25, 0.3) is 0 Å². The summed E-state index contributed by atoms with van der Waals surface area (Å²) in [4.78, 5) is 11.2. The summed E-state index contributed by atoms with van der Waals surface area (Å²) >= 11 is 1.73. The van der Waals surface area contributed by atoms with E-state index in [1.165, 1.54) is 49.2 Å². The van der Waals surface area contributed by atoms with Crippen LogP contribution in [0.2, 0.25) is 0 Å². The number of guanidine groups is 1. The van der Waals surface area contributed by atoms with Gasteiger partial charge in [-0.15, -0.1) is 11.3 Å². The van der Waals surface area contributed by atoms with Crippen molar-refractivity contribution in [2.75, 3.05) is 31.5 Å². The highest BCUT2D eigenvalue weighted by Gasteiger charge is 2.28. The summed E-state index contributed by atoms with van der Waals surface area (Å²) in [7, 11) is 0. The van der Waals surface area contributed by atoms with E-state index in [1.807, 2.05) is 6.07 Å². The molecule has 168 valence electrons. The molecule has 31 heavy (non-hydrogen) atoms. The molecule has 2 aliphatic rings. The predicted molar refractivity (Wildman–Crippen MR) is 131 cm³/mol. The Balaban J connectivity index is 1.52. The molecule has 0 atom stereocenters. The van der Waals surface area contributed by atoms with E-state index in [9.17, 15) is 5.11 Å². The van der Waals surface area contributed by atoms with E-state index in [0.717, 1.165) is 24.7 Å². The Morgan fingerprint density at radius 1 is 1.13 bits per heavy atom. The number of phenols is 1. The van der Waals surface area contributed by atoms with Crippen molar-refractivity contribution in [3.8, 4) is 5.75 Å². The topological polar surface area (TPSA) is 51.1 Å². The summed E-state index contributed by atoms with van der Waals surface area (Å²) in [5.74, 6) is 1.14. The molecule has 2 saturated heterocycles. The first-order chi connectivity index (χ1) is 14.9. The average molecular weight is 441 g/mol. The average Bonchev–Trinajstić information content (AvgIpc) is 3.46. The van der Waals surface area contributed by atoms with Gasteiger partial charge < -0.3 is 20.2 Å². The zero-order valence-corrected chi connectivity index (χ0v) is 19.9. The van der Waals surface area contributed by atoms with Crippen LogP contribution in [0.3, 0.4) is 0 Å². The summed E-state index contributed by atoms with van der Waals surface area (Å²) in [5.41, 5.74) is 1.95. The van der Waals surface area contributed by atoms with Gasteiger partial charge in [0.2, 0.25) is 0 Å². The van der Waals surface area contributed by atoms with E-state index in [4.69, 9.17) is 4.99 Å². The SMILES string of the molecule is CC(C)(C)c1ccc(O)c(NC(=NCc2cccs2)N2CCC(N3CCCC3)CC2)c1. The number of benzene rings is 1. The summed E-state index contributed by atoms with van der Waals surface area (Å²) in [6.07, 6.45) is 5.04. The molecule has 2 aromatic rings. The van der Waals surface area contributed by atoms with Gasteiger partial charge in [-0.3, -0.25) is 0 Å². The predicted octanol–water partition coefficient (Wildman–Crippen LogP) is 5.28. The maximum absolute atomic E-state index is 10.5. The van der Waals surface area contributed by atoms with Crippen molar-refractivity contribution in [1.82, 2.24) is 9.80 Å². The number of likely N-dealkylation sites (tertiary alicyclic amines) is 2. The molecule has 0 aliphatic carbocycles. The quantitative estimate of drug-likeness (QED) is 0.386. The van der Waals surface area contributed by atoms with Crippen LogP contribution in [0.15, 0.2) is 40.7 Å². The van der Waals surface area contributed by atoms with Crippen LogP contribution in [-0.4, -0.2) is 53.1 Å². The lowest BCUT2D eigenvalue weighted by atomic mass is 9.87. The maximum Gasteiger partial charge on any atom is 0.198 e. The third-order valence-corrected chi connectivity index (χ3v) is 7.36. The minimum absolute atomic E-state index is 0.0203. The molecule has 4 rings (SSSR count). The zero-order valence-electron chi connectivity index (χ0n) is 19.1. The monoisotopic (exact) mass is 440 g/mol. The molecule has 1 aromatic heterocycles. The number of piperidine rings is 1. The van der Waals surface area contributed by atoms with Crippen molar-refractivity contribution < 1.29 is 5.11 Å². The number of hydrogen-bond donors (Lipinski definition) is 2. The number of hydrogen-bond acceptors (Lipinski definition) is 4. The van der Waals surface area contributed by atoms with Crippen LogP contribution in [-0.2, 0) is 12.0 Å². The van der Waals surface area contributed by atoms with Crippen LogP contribution < -0.4 is 5.32 Å². The number of thiophene rings is 1. The van der Waals surface area contributed by atoms with Crippen molar-refractivity contribution in [1.29, 1.82) is 0 Å². The molecule has 0 bridgehead atoms. The summed E-state index contributed by atoms with van der Waals surface area (Å²) in [5, 5.41) is 16.1. The lowest BCUT2D eigenvalue weighted by Gasteiger charge is -2.38. The summed E-state index contributed by atoms with van der Waals surface area (Å²) in [6.45, 7) is 11.7. The minimum atomic E-state index is 0.0203. The van der Waals surface area contributed by atoms with Crippen LogP contribution >= 0.6 is 11.3 Å². The van der Waals surface area contributed by atoms with Crippen LogP contribution in [0.1, 0.15) is 56.9 Å². The fourth-order valence-corrected chi connectivity index (χ4v) is 5.17. The molecule has 2 aliphatic heterocycles. The van der Waals surface area contributed by atoms with Crippen LogP contribution in [0, 0.1) is 0 Å². The molecule has 3 heterocycles. The highest BCUT2D eigenvalue weighted by molar-refractivity contribution is 7.09. The number of nitrogens with zero attached hydrogens (tertiary/aromatic N) is 3. The fourth-order valence-electron chi connectivity index (χ4n) is 4.55. The second-order valence-electron chi connectivity index (χ2n) is 9.79. The zero-order chi connectivity index (χ0) is 21.8. The van der Waals surface area contributed by atoms with Gasteiger partial charge in [0, 0.05) is 24.0 Å². The molecule has 0 amide bonds. The van der Waals surface area contributed by atoms with Gasteiger partial charge in [-0.05, 0) is 73.3 Å². The first kappa shape index (κ1) is 22.2. The van der Waals surface area contributed by atoms with Gasteiger partial charge in [0.1, 0.15) is 5.75 Å². The first-order valence-electron chi connectivity index (χ1n) is 11.6. The maximum atomic E-state index is 10.5. The number of phenolic OH excluding ortho intramolecular Hbond substituents is 1. The van der Waals surface area contributed by atoms with Gasteiger partial charge >= 0.3 is 0 Å². The smallest absolute Gasteiger partial charge is 0.198 e. The largest absolute Gasteiger partial charge is 0.506 e. The second kappa shape index (κ2) is 9.61. The van der Waals surface area contributed by atoms with Gasteiger partial charge in [-0.1, -0.05) is 32.9 Å². The molecular weight excluding hydrogens is 404 g/mol. The highest BCUT2D eigenvalue weighted by atomic mass is 32.1. The van der Waals surface area contributed by atoms with Crippen molar-refractivity contribution in [2.24, 2.45) is 4.99 Å². The lowest BCUT2D eigenvalue weighted by molar-refractivity contribution is 0.163. The Morgan fingerprint density at radius 3 is 2.52 bits per heavy atom. The molecule has 6 heteroatoms. The molecule has 5 nitrogen and oxygen atoms in total. The Bertz CT molecular complexity index is 873. The standard InChI is InChI=1S/C25H36N4OS/c1-25(2,3)19-8-9-23(30)22(17-19)27-24(26-18-21-7-6-16-31-21)29-14-10-20(11-15-29)28-12-4-5-13-28/h6-9,16-17,20,30H,4-5,10-15,18H2,1-3H3,(H,26,27). The Hall–Kier alpha value is -2.05. The van der Waals surface area contributed by atoms with Crippen molar-refractivity contribution in [2.45, 2.75) is 64.5 Å². The van der Waals surface area contributed by atoms with Gasteiger partial charge in [-0.2, -0.15) is 0 Å². The number of aliphatic imine (C=N–C) groups is 1. The molecule has 0 saturated carbocycles. The van der Waals surface area contributed by atoms with E-state index < -0.39 is 0 Å². The van der Waals surface area contributed by atoms with Crippen molar-refractivity contribution >= 4 is 23.0 Å². The van der Waals surface area contributed by atoms with E-state index in [2.05, 4.69) is 59.5 Å². The molecule has 2 fully saturated rings. The van der Waals surface area contributed by atoms with E-state index in [0.29, 0.717) is 12.6 Å². The van der Waals surface area contributed by atoms with Crippen molar-refractivity contribution in [3.63, 3.8) is 0 Å². The number of anilines is 1. The normalized spacial score (nSPS) is 19.2. The van der Waals surface area contributed by atoms with E-state index in [-0.39, 0.29) is 11.2 Å². The van der Waals surface area contributed by atoms with E-state index in [1.54, 1.807) is 17.4 Å². The Morgan fingerprint density at radius 2 is 1.87 bits per heavy atom. The van der Waals surface area contributed by atoms with Crippen LogP contribution in [0.5, 0.6) is 5.75 Å². The first-order valence-corrected chi connectivity index (χ1v) is 12.4. The van der Waals surface area contributed by atoms with Gasteiger partial charge in [0.05, 0.1) is 12.2 Å². The second-order valence-corrected chi connectivity index (χ2v) is 10.8. The third-order valence-electron chi connectivity index (χ3n) is 6.49. The Kier molecular flexibility index (Phi) is 6.87. The molecule has 1 aromatic carbocycles. The molecule has 0 unspecified atom stereocenters. The minimum Gasteiger partial charge on any atom is -0.506 e. The van der Waals surface area contributed by atoms with Crippen LogP contribution in [0.4, 0.5) is 5.69 Å². The van der Waals surface area contributed by atoms with Gasteiger partial charge in [-0.25, -0.2) is 4.99 Å². The Labute approximate surface area is 190 Å². The number of nitrogens with one attached hydrogen (secondary N) is 1. The fraction of sp³-hybridized carbons (Fsp3) is 0.560. The summed E-state index contributed by atoms with van der Waals surface area (Å²) < 4.78 is 0. The van der Waals surface area contributed by atoms with Gasteiger partial charge in [0.25, 0.3) is 0 Å². The molecular formula is C25H36N4OS. The highest BCUT2D eigenvalue weighted by Crippen LogP contribution is 2.31. The third kappa shape index (κ3) is 5.60. The summed E-state index contributed by atoms with van der Waals surface area (Å²) in [6, 6.07) is 10.8. The molecule has 2 N–H and O–H groups in total.